The average molecular weight is 211 g/mol. The molecule has 2 heteroatoms. The Morgan fingerprint density at radius 3 is 2.53 bits per heavy atom. The fourth-order valence-corrected chi connectivity index (χ4v) is 2.96. The van der Waals surface area contributed by atoms with E-state index in [0.29, 0.717) is 12.1 Å². The molecule has 0 bridgehead atoms. The standard InChI is InChI=1S/C13H25NO/c1-4-12-11(3)14-9-13(15-12)7-5-10(2)6-8-13/h10-12,14H,4-9H2,1-3H3. The molecule has 2 unspecified atom stereocenters. The Morgan fingerprint density at radius 1 is 1.27 bits per heavy atom. The van der Waals surface area contributed by atoms with Crippen LogP contribution in [0.5, 0.6) is 0 Å². The molecule has 0 aromatic carbocycles. The fourth-order valence-electron chi connectivity index (χ4n) is 2.96. The molecule has 15 heavy (non-hydrogen) atoms. The van der Waals surface area contributed by atoms with Gasteiger partial charge in [0, 0.05) is 12.6 Å². The van der Waals surface area contributed by atoms with Gasteiger partial charge in [-0.2, -0.15) is 0 Å². The molecule has 1 saturated carbocycles. The molecule has 1 aliphatic heterocycles. The van der Waals surface area contributed by atoms with Crippen LogP contribution in [0.3, 0.4) is 0 Å². The third-order valence-corrected chi connectivity index (χ3v) is 4.29. The monoisotopic (exact) mass is 211 g/mol. The van der Waals surface area contributed by atoms with Crippen molar-refractivity contribution in [1.82, 2.24) is 5.32 Å². The Balaban J connectivity index is 1.98. The van der Waals surface area contributed by atoms with Crippen LogP contribution >= 0.6 is 0 Å². The van der Waals surface area contributed by atoms with Crippen molar-refractivity contribution >= 4 is 0 Å². The molecule has 88 valence electrons. The smallest absolute Gasteiger partial charge is 0.0811 e. The van der Waals surface area contributed by atoms with Crippen LogP contribution < -0.4 is 5.32 Å². The molecule has 0 aromatic rings. The number of nitrogens with one attached hydrogen (secondary N) is 1. The highest BCUT2D eigenvalue weighted by Crippen LogP contribution is 2.37. The Bertz CT molecular complexity index is 203. The second kappa shape index (κ2) is 4.42. The lowest BCUT2D eigenvalue weighted by atomic mass is 9.78. The van der Waals surface area contributed by atoms with Crippen molar-refractivity contribution in [1.29, 1.82) is 0 Å². The minimum Gasteiger partial charge on any atom is -0.369 e. The van der Waals surface area contributed by atoms with E-state index in [2.05, 4.69) is 26.1 Å². The van der Waals surface area contributed by atoms with Gasteiger partial charge in [-0.15, -0.1) is 0 Å². The van der Waals surface area contributed by atoms with E-state index < -0.39 is 0 Å². The van der Waals surface area contributed by atoms with E-state index >= 15 is 0 Å². The topological polar surface area (TPSA) is 21.3 Å². The maximum absolute atomic E-state index is 6.36. The lowest BCUT2D eigenvalue weighted by Gasteiger charge is -2.47. The van der Waals surface area contributed by atoms with Crippen molar-refractivity contribution in [3.63, 3.8) is 0 Å². The van der Waals surface area contributed by atoms with Gasteiger partial charge in [-0.1, -0.05) is 13.8 Å². The molecule has 2 aliphatic rings. The molecule has 2 atom stereocenters. The molecule has 2 fully saturated rings. The van der Waals surface area contributed by atoms with E-state index in [0.717, 1.165) is 18.9 Å². The van der Waals surface area contributed by atoms with E-state index in [1.165, 1.54) is 25.7 Å². The van der Waals surface area contributed by atoms with E-state index in [9.17, 15) is 0 Å². The van der Waals surface area contributed by atoms with Gasteiger partial charge in [-0.3, -0.25) is 0 Å². The number of hydrogen-bond acceptors (Lipinski definition) is 2. The van der Waals surface area contributed by atoms with Crippen LogP contribution in [0.4, 0.5) is 0 Å². The summed E-state index contributed by atoms with van der Waals surface area (Å²) < 4.78 is 6.36. The summed E-state index contributed by atoms with van der Waals surface area (Å²) in [5, 5.41) is 3.63. The predicted octanol–water partition coefficient (Wildman–Crippen LogP) is 2.72. The lowest BCUT2D eigenvalue weighted by Crippen LogP contribution is -2.59. The van der Waals surface area contributed by atoms with Crippen LogP contribution in [0.1, 0.15) is 52.9 Å². The summed E-state index contributed by atoms with van der Waals surface area (Å²) in [6.07, 6.45) is 6.74. The minimum absolute atomic E-state index is 0.180. The van der Waals surface area contributed by atoms with Gasteiger partial charge in [0.15, 0.2) is 0 Å². The molecule has 1 spiro atoms. The van der Waals surface area contributed by atoms with Crippen LogP contribution in [0, 0.1) is 5.92 Å². The van der Waals surface area contributed by atoms with Crippen LogP contribution in [0.25, 0.3) is 0 Å². The van der Waals surface area contributed by atoms with E-state index in [1.54, 1.807) is 0 Å². The van der Waals surface area contributed by atoms with E-state index in [-0.39, 0.29) is 5.60 Å². The highest BCUT2D eigenvalue weighted by atomic mass is 16.5. The Labute approximate surface area is 93.8 Å². The molecule has 0 amide bonds. The molecule has 1 aliphatic carbocycles. The van der Waals surface area contributed by atoms with Crippen molar-refractivity contribution in [2.24, 2.45) is 5.92 Å². The Kier molecular flexibility index (Phi) is 3.36. The molecular formula is C13H25NO. The maximum atomic E-state index is 6.36. The van der Waals surface area contributed by atoms with Crippen LogP contribution in [0.2, 0.25) is 0 Å². The molecule has 1 saturated heterocycles. The lowest BCUT2D eigenvalue weighted by molar-refractivity contribution is -0.153. The first kappa shape index (κ1) is 11.4. The summed E-state index contributed by atoms with van der Waals surface area (Å²) in [5.74, 6) is 0.902. The van der Waals surface area contributed by atoms with Gasteiger partial charge in [-0.25, -0.2) is 0 Å². The largest absolute Gasteiger partial charge is 0.369 e. The summed E-state index contributed by atoms with van der Waals surface area (Å²) in [6.45, 7) is 7.90. The Hall–Kier alpha value is -0.0800. The zero-order chi connectivity index (χ0) is 10.9. The molecule has 1 heterocycles. The fraction of sp³-hybridized carbons (Fsp3) is 1.00. The number of morpholine rings is 1. The van der Waals surface area contributed by atoms with Gasteiger partial charge in [0.05, 0.1) is 11.7 Å². The van der Waals surface area contributed by atoms with Crippen molar-refractivity contribution < 1.29 is 4.74 Å². The van der Waals surface area contributed by atoms with Crippen LogP contribution in [0.15, 0.2) is 0 Å². The predicted molar refractivity (Wildman–Crippen MR) is 63.0 cm³/mol. The van der Waals surface area contributed by atoms with Gasteiger partial charge < -0.3 is 10.1 Å². The molecule has 1 N–H and O–H groups in total. The minimum atomic E-state index is 0.180. The summed E-state index contributed by atoms with van der Waals surface area (Å²) >= 11 is 0. The third kappa shape index (κ3) is 2.36. The van der Waals surface area contributed by atoms with Crippen molar-refractivity contribution in [3.8, 4) is 0 Å². The molecule has 2 rings (SSSR count). The number of ether oxygens (including phenoxy) is 1. The molecule has 0 aromatic heterocycles. The second-order valence-electron chi connectivity index (χ2n) is 5.60. The van der Waals surface area contributed by atoms with Gasteiger partial charge in [-0.05, 0) is 44.9 Å². The second-order valence-corrected chi connectivity index (χ2v) is 5.60. The van der Waals surface area contributed by atoms with Crippen molar-refractivity contribution in [2.45, 2.75) is 70.6 Å². The van der Waals surface area contributed by atoms with Gasteiger partial charge in [0.1, 0.15) is 0 Å². The summed E-state index contributed by atoms with van der Waals surface area (Å²) in [5.41, 5.74) is 0.180. The zero-order valence-electron chi connectivity index (χ0n) is 10.4. The highest BCUT2D eigenvalue weighted by Gasteiger charge is 2.41. The highest BCUT2D eigenvalue weighted by molar-refractivity contribution is 4.95. The summed E-state index contributed by atoms with van der Waals surface area (Å²) in [7, 11) is 0. The third-order valence-electron chi connectivity index (χ3n) is 4.29. The van der Waals surface area contributed by atoms with Crippen LogP contribution in [-0.2, 0) is 4.74 Å². The van der Waals surface area contributed by atoms with Crippen molar-refractivity contribution in [3.05, 3.63) is 0 Å². The molecule has 0 radical (unpaired) electrons. The first-order chi connectivity index (χ1) is 7.15. The average Bonchev–Trinajstić information content (AvgIpc) is 2.26. The van der Waals surface area contributed by atoms with Gasteiger partial charge in [0.25, 0.3) is 0 Å². The quantitative estimate of drug-likeness (QED) is 0.720. The summed E-state index contributed by atoms with van der Waals surface area (Å²) in [6, 6.07) is 0.528. The zero-order valence-corrected chi connectivity index (χ0v) is 10.4. The number of hydrogen-bond donors (Lipinski definition) is 1. The van der Waals surface area contributed by atoms with Crippen molar-refractivity contribution in [2.75, 3.05) is 6.54 Å². The first-order valence-corrected chi connectivity index (χ1v) is 6.56. The van der Waals surface area contributed by atoms with Gasteiger partial charge in [0.2, 0.25) is 0 Å². The van der Waals surface area contributed by atoms with Crippen LogP contribution in [-0.4, -0.2) is 24.3 Å². The molecular weight excluding hydrogens is 186 g/mol. The molecule has 2 nitrogen and oxygen atoms in total. The van der Waals surface area contributed by atoms with Gasteiger partial charge >= 0.3 is 0 Å². The summed E-state index contributed by atoms with van der Waals surface area (Å²) in [4.78, 5) is 0. The van der Waals surface area contributed by atoms with E-state index in [1.807, 2.05) is 0 Å². The normalized spacial score (nSPS) is 47.0. The number of rotatable bonds is 1. The van der Waals surface area contributed by atoms with E-state index in [4.69, 9.17) is 4.74 Å². The maximum Gasteiger partial charge on any atom is 0.0811 e. The Morgan fingerprint density at radius 2 is 1.93 bits per heavy atom. The SMILES string of the molecule is CCC1OC2(CCC(C)CC2)CNC1C. The first-order valence-electron chi connectivity index (χ1n) is 6.56.